The molecule has 3 aromatic rings. The van der Waals surface area contributed by atoms with E-state index in [2.05, 4.69) is 29.9 Å². The molecule has 4 heterocycles. The Balaban J connectivity index is 1.71. The molecule has 4 rings (SSSR count). The van der Waals surface area contributed by atoms with Crippen molar-refractivity contribution >= 4 is 27.6 Å². The fourth-order valence-electron chi connectivity index (χ4n) is 3.99. The number of hydrogen-bond donors (Lipinski definition) is 1. The Kier molecular flexibility index (Phi) is 9.20. The van der Waals surface area contributed by atoms with Crippen LogP contribution >= 0.6 is 11.6 Å². The van der Waals surface area contributed by atoms with Gasteiger partial charge in [-0.2, -0.15) is 13.2 Å². The van der Waals surface area contributed by atoms with Crippen molar-refractivity contribution in [1.82, 2.24) is 29.7 Å². The molecule has 0 radical (unpaired) electrons. The van der Waals surface area contributed by atoms with Gasteiger partial charge in [-0.05, 0) is 20.8 Å². The highest BCUT2D eigenvalue weighted by Crippen LogP contribution is 2.42. The van der Waals surface area contributed by atoms with E-state index in [-0.39, 0.29) is 59.0 Å². The van der Waals surface area contributed by atoms with Crippen molar-refractivity contribution in [2.24, 2.45) is 0 Å². The van der Waals surface area contributed by atoms with E-state index in [0.29, 0.717) is 0 Å². The molecular formula is C23H27ClF3N7O6S. The van der Waals surface area contributed by atoms with Gasteiger partial charge in [0.2, 0.25) is 16.0 Å². The molecule has 0 saturated carbocycles. The third kappa shape index (κ3) is 7.14. The van der Waals surface area contributed by atoms with E-state index < -0.39 is 40.2 Å². The number of sulfonamides is 1. The predicted molar refractivity (Wildman–Crippen MR) is 139 cm³/mol. The van der Waals surface area contributed by atoms with Crippen LogP contribution in [-0.4, -0.2) is 82.6 Å². The normalized spacial score (nSPS) is 16.8. The molecule has 0 aliphatic carbocycles. The summed E-state index contributed by atoms with van der Waals surface area (Å²) in [6, 6.07) is -0.691. The molecule has 0 bridgehead atoms. The van der Waals surface area contributed by atoms with Crippen LogP contribution in [0.3, 0.4) is 0 Å². The number of ether oxygens (including phenoxy) is 4. The zero-order valence-corrected chi connectivity index (χ0v) is 23.9. The summed E-state index contributed by atoms with van der Waals surface area (Å²) in [5.41, 5.74) is 0.143. The molecule has 0 amide bonds. The maximum absolute atomic E-state index is 13.6. The number of anilines is 1. The molecule has 13 nitrogen and oxygen atoms in total. The molecule has 0 fully saturated rings. The molecule has 3 aromatic heterocycles. The number of pyridine rings is 1. The number of fused-ring (bicyclic) bond motifs is 3. The zero-order valence-electron chi connectivity index (χ0n) is 22.3. The summed E-state index contributed by atoms with van der Waals surface area (Å²) in [4.78, 5) is 12.2. The number of rotatable bonds is 11. The summed E-state index contributed by atoms with van der Waals surface area (Å²) in [6.45, 7) is 3.21. The van der Waals surface area contributed by atoms with E-state index in [0.717, 1.165) is 6.20 Å². The van der Waals surface area contributed by atoms with E-state index in [1.807, 2.05) is 0 Å². The van der Waals surface area contributed by atoms with E-state index in [4.69, 9.17) is 30.5 Å². The van der Waals surface area contributed by atoms with Crippen LogP contribution in [-0.2, 0) is 19.5 Å². The van der Waals surface area contributed by atoms with Crippen molar-refractivity contribution in [1.29, 1.82) is 0 Å². The van der Waals surface area contributed by atoms with Gasteiger partial charge in [-0.1, -0.05) is 11.6 Å². The van der Waals surface area contributed by atoms with Crippen LogP contribution in [0.1, 0.15) is 38.7 Å². The Morgan fingerprint density at radius 2 is 1.88 bits per heavy atom. The van der Waals surface area contributed by atoms with Gasteiger partial charge in [0.05, 0.1) is 35.5 Å². The second-order valence-corrected chi connectivity index (χ2v) is 11.7. The second kappa shape index (κ2) is 12.3. The maximum atomic E-state index is 13.6. The Morgan fingerprint density at radius 1 is 1.17 bits per heavy atom. The Bertz CT molecular complexity index is 1460. The van der Waals surface area contributed by atoms with Crippen LogP contribution in [0, 0.1) is 0 Å². The van der Waals surface area contributed by atoms with Gasteiger partial charge in [-0.15, -0.1) is 10.2 Å². The van der Waals surface area contributed by atoms with Gasteiger partial charge >= 0.3 is 6.18 Å². The van der Waals surface area contributed by atoms with Crippen molar-refractivity contribution in [3.63, 3.8) is 0 Å². The van der Waals surface area contributed by atoms with Crippen molar-refractivity contribution in [2.45, 2.75) is 50.4 Å². The zero-order chi connectivity index (χ0) is 29.9. The third-order valence-electron chi connectivity index (χ3n) is 5.80. The molecule has 41 heavy (non-hydrogen) atoms. The third-order valence-corrected chi connectivity index (χ3v) is 7.69. The molecule has 0 spiro atoms. The number of nitrogens with zero attached hydrogens (tertiary/aromatic N) is 6. The van der Waals surface area contributed by atoms with E-state index in [1.165, 1.54) is 37.2 Å². The van der Waals surface area contributed by atoms with Crippen LogP contribution in [0.15, 0.2) is 24.8 Å². The number of aromatic nitrogens is 6. The molecule has 224 valence electrons. The summed E-state index contributed by atoms with van der Waals surface area (Å²) in [5, 5.41) is 7.18. The fourth-order valence-corrected chi connectivity index (χ4v) is 5.17. The highest BCUT2D eigenvalue weighted by Gasteiger charge is 2.37. The maximum Gasteiger partial charge on any atom is 0.422 e. The molecule has 3 atom stereocenters. The smallest absolute Gasteiger partial charge is 0.422 e. The van der Waals surface area contributed by atoms with Gasteiger partial charge in [0.15, 0.2) is 29.8 Å². The average Bonchev–Trinajstić information content (AvgIpc) is 3.23. The molecule has 0 aromatic carbocycles. The molecule has 1 aliphatic heterocycles. The lowest BCUT2D eigenvalue weighted by Crippen LogP contribution is -2.35. The summed E-state index contributed by atoms with van der Waals surface area (Å²) >= 11 is 5.89. The number of methoxy groups -OCH3 is 1. The number of halogens is 4. The van der Waals surface area contributed by atoms with Crippen molar-refractivity contribution < 1.29 is 40.5 Å². The molecule has 0 saturated heterocycles. The first-order valence-corrected chi connectivity index (χ1v) is 14.1. The molecule has 0 unspecified atom stereocenters. The van der Waals surface area contributed by atoms with Crippen molar-refractivity contribution in [2.75, 3.05) is 31.7 Å². The lowest BCUT2D eigenvalue weighted by Gasteiger charge is -2.26. The molecule has 18 heteroatoms. The van der Waals surface area contributed by atoms with E-state index in [1.54, 1.807) is 13.8 Å². The number of hydrogen-bond acceptors (Lipinski definition) is 11. The number of nitrogens with one attached hydrogen (secondary N) is 1. The minimum Gasteiger partial charge on any atom is -0.487 e. The van der Waals surface area contributed by atoms with Gasteiger partial charge in [0, 0.05) is 25.7 Å². The highest BCUT2D eigenvalue weighted by molar-refractivity contribution is 7.93. The monoisotopic (exact) mass is 621 g/mol. The lowest BCUT2D eigenvalue weighted by atomic mass is 10.2. The van der Waals surface area contributed by atoms with Crippen LogP contribution in [0.2, 0.25) is 5.02 Å². The van der Waals surface area contributed by atoms with Crippen LogP contribution in [0.5, 0.6) is 11.5 Å². The number of alkyl halides is 3. The van der Waals surface area contributed by atoms with Crippen molar-refractivity contribution in [3.8, 4) is 22.9 Å². The van der Waals surface area contributed by atoms with Gasteiger partial charge in [0.25, 0.3) is 0 Å². The summed E-state index contributed by atoms with van der Waals surface area (Å²) < 4.78 is 91.5. The summed E-state index contributed by atoms with van der Waals surface area (Å²) in [5.74, 6) is -0.319. The Hall–Kier alpha value is -3.28. The second-order valence-electron chi connectivity index (χ2n) is 9.27. The fraction of sp³-hybridized carbons (Fsp3) is 0.522. The Morgan fingerprint density at radius 3 is 2.51 bits per heavy atom. The predicted octanol–water partition coefficient (Wildman–Crippen LogP) is 3.60. The quantitative estimate of drug-likeness (QED) is 0.334. The van der Waals surface area contributed by atoms with Crippen molar-refractivity contribution in [3.05, 3.63) is 35.6 Å². The first-order valence-electron chi connectivity index (χ1n) is 12.2. The van der Waals surface area contributed by atoms with Gasteiger partial charge < -0.3 is 18.9 Å². The molecular weight excluding hydrogens is 595 g/mol. The highest BCUT2D eigenvalue weighted by atomic mass is 35.5. The van der Waals surface area contributed by atoms with Crippen LogP contribution < -0.4 is 14.2 Å². The van der Waals surface area contributed by atoms with Crippen LogP contribution in [0.4, 0.5) is 19.1 Å². The van der Waals surface area contributed by atoms with E-state index >= 15 is 0 Å². The minimum absolute atomic E-state index is 0.0210. The summed E-state index contributed by atoms with van der Waals surface area (Å²) in [6.07, 6.45) is -0.992. The van der Waals surface area contributed by atoms with Gasteiger partial charge in [-0.25, -0.2) is 18.4 Å². The van der Waals surface area contributed by atoms with Gasteiger partial charge in [0.1, 0.15) is 18.0 Å². The standard InChI is InChI=1S/C23H27ClF3N7O6S/c1-12(2)40-18(20-29-5-14(24)6-30-20)13(3)41(35,36)33-22-32-31-21-16-7-28-8-17(39-11-23(25,26)27)19(16)38-10-15(9-37-4)34(21)22/h5-8,12-13,15,18H,9-11H2,1-4H3,(H,32,33)/t13-,15-,18+/m0/s1. The van der Waals surface area contributed by atoms with E-state index in [9.17, 15) is 21.6 Å². The topological polar surface area (TPSA) is 152 Å². The molecule has 1 N–H and O–H groups in total. The summed E-state index contributed by atoms with van der Waals surface area (Å²) in [7, 11) is -2.81. The van der Waals surface area contributed by atoms with Crippen LogP contribution in [0.25, 0.3) is 11.4 Å². The minimum atomic E-state index is -4.59. The SMILES string of the molecule is COC[C@H]1COc2c(OCC(F)(F)F)cncc2-c2nnc(NS(=O)(=O)[C@@H](C)[C@@H](OC(C)C)c3ncc(Cl)cn3)n21. The largest absolute Gasteiger partial charge is 0.487 e. The average molecular weight is 622 g/mol. The molecule has 1 aliphatic rings. The first kappa shape index (κ1) is 30.7. The van der Waals surface area contributed by atoms with Gasteiger partial charge in [-0.3, -0.25) is 14.3 Å². The first-order chi connectivity index (χ1) is 19.3. The Labute approximate surface area is 238 Å². The lowest BCUT2D eigenvalue weighted by molar-refractivity contribution is -0.153.